The number of nitrogens with two attached hydrogens (primary N) is 1. The molecule has 0 spiro atoms. The lowest BCUT2D eigenvalue weighted by Crippen LogP contribution is -1.96. The molecular formula is C13H8BrNO. The Kier molecular flexibility index (Phi) is 1.91. The Morgan fingerprint density at radius 1 is 0.938 bits per heavy atom. The minimum Gasteiger partial charge on any atom is -0.398 e. The summed E-state index contributed by atoms with van der Waals surface area (Å²) in [6.45, 7) is 0. The van der Waals surface area contributed by atoms with E-state index < -0.39 is 0 Å². The summed E-state index contributed by atoms with van der Waals surface area (Å²) in [6, 6.07) is 11.3. The van der Waals surface area contributed by atoms with Gasteiger partial charge in [0.2, 0.25) is 0 Å². The molecule has 0 bridgehead atoms. The molecule has 1 aliphatic rings. The molecule has 0 aromatic heterocycles. The average molecular weight is 274 g/mol. The molecule has 2 nitrogen and oxygen atoms in total. The van der Waals surface area contributed by atoms with Crippen molar-refractivity contribution in [3.8, 4) is 11.1 Å². The molecule has 78 valence electrons. The Balaban J connectivity index is 2.38. The van der Waals surface area contributed by atoms with Gasteiger partial charge in [-0.1, -0.05) is 24.3 Å². The van der Waals surface area contributed by atoms with Crippen LogP contribution in [0.5, 0.6) is 0 Å². The van der Waals surface area contributed by atoms with Gasteiger partial charge in [0.1, 0.15) is 0 Å². The summed E-state index contributed by atoms with van der Waals surface area (Å²) >= 11 is 3.34. The molecule has 3 rings (SSSR count). The van der Waals surface area contributed by atoms with Crippen molar-refractivity contribution >= 4 is 27.4 Å². The average Bonchev–Trinajstić information content (AvgIpc) is 2.55. The number of hydrogen-bond donors (Lipinski definition) is 1. The van der Waals surface area contributed by atoms with E-state index in [9.17, 15) is 4.79 Å². The van der Waals surface area contributed by atoms with E-state index in [0.29, 0.717) is 5.69 Å². The number of anilines is 1. The Morgan fingerprint density at radius 2 is 1.62 bits per heavy atom. The van der Waals surface area contributed by atoms with Crippen LogP contribution >= 0.6 is 15.9 Å². The standard InChI is InChI=1S/C13H8BrNO/c14-11-5-10-9(6-12(11)15)7-3-1-2-4-8(7)13(10)16/h1-6H,15H2. The predicted molar refractivity (Wildman–Crippen MR) is 67.4 cm³/mol. The van der Waals surface area contributed by atoms with E-state index in [0.717, 1.165) is 26.7 Å². The zero-order chi connectivity index (χ0) is 11.3. The molecule has 3 heteroatoms. The third-order valence-electron chi connectivity index (χ3n) is 2.84. The summed E-state index contributed by atoms with van der Waals surface area (Å²) in [4.78, 5) is 12.1. The van der Waals surface area contributed by atoms with Gasteiger partial charge in [0.25, 0.3) is 0 Å². The van der Waals surface area contributed by atoms with Gasteiger partial charge in [-0.05, 0) is 39.2 Å². The zero-order valence-electron chi connectivity index (χ0n) is 8.33. The van der Waals surface area contributed by atoms with Crippen LogP contribution in [0.1, 0.15) is 15.9 Å². The van der Waals surface area contributed by atoms with Crippen LogP contribution in [0.15, 0.2) is 40.9 Å². The number of hydrogen-bond acceptors (Lipinski definition) is 2. The topological polar surface area (TPSA) is 43.1 Å². The molecule has 0 amide bonds. The molecule has 0 saturated heterocycles. The minimum absolute atomic E-state index is 0.0753. The van der Waals surface area contributed by atoms with Crippen molar-refractivity contribution in [2.24, 2.45) is 0 Å². The fourth-order valence-corrected chi connectivity index (χ4v) is 2.41. The Labute approximate surface area is 101 Å². The molecule has 2 aromatic rings. The number of ketones is 1. The van der Waals surface area contributed by atoms with Gasteiger partial charge in [-0.25, -0.2) is 0 Å². The zero-order valence-corrected chi connectivity index (χ0v) is 9.91. The third-order valence-corrected chi connectivity index (χ3v) is 3.53. The van der Waals surface area contributed by atoms with Crippen molar-refractivity contribution in [2.45, 2.75) is 0 Å². The number of nitrogen functional groups attached to an aromatic ring is 1. The van der Waals surface area contributed by atoms with Gasteiger partial charge in [0, 0.05) is 21.3 Å². The maximum absolute atomic E-state index is 12.1. The lowest BCUT2D eigenvalue weighted by Gasteiger charge is -2.03. The Morgan fingerprint density at radius 3 is 2.38 bits per heavy atom. The molecule has 2 N–H and O–H groups in total. The monoisotopic (exact) mass is 273 g/mol. The van der Waals surface area contributed by atoms with Crippen molar-refractivity contribution in [3.05, 3.63) is 52.0 Å². The van der Waals surface area contributed by atoms with Gasteiger partial charge in [-0.3, -0.25) is 4.79 Å². The smallest absolute Gasteiger partial charge is 0.194 e. The molecular weight excluding hydrogens is 266 g/mol. The minimum atomic E-state index is 0.0753. The quantitative estimate of drug-likeness (QED) is 0.639. The summed E-state index contributed by atoms with van der Waals surface area (Å²) in [5.41, 5.74) is 9.88. The number of fused-ring (bicyclic) bond motifs is 3. The second-order valence-electron chi connectivity index (χ2n) is 3.79. The van der Waals surface area contributed by atoms with Crippen LogP contribution < -0.4 is 5.73 Å². The van der Waals surface area contributed by atoms with E-state index in [2.05, 4.69) is 15.9 Å². The van der Waals surface area contributed by atoms with Crippen molar-refractivity contribution in [3.63, 3.8) is 0 Å². The van der Waals surface area contributed by atoms with Crippen molar-refractivity contribution in [2.75, 3.05) is 5.73 Å². The van der Waals surface area contributed by atoms with Gasteiger partial charge < -0.3 is 5.73 Å². The summed E-state index contributed by atoms with van der Waals surface area (Å²) in [7, 11) is 0. The highest BCUT2D eigenvalue weighted by molar-refractivity contribution is 9.10. The molecule has 1 aliphatic carbocycles. The van der Waals surface area contributed by atoms with Gasteiger partial charge in [-0.15, -0.1) is 0 Å². The van der Waals surface area contributed by atoms with Crippen molar-refractivity contribution < 1.29 is 4.79 Å². The number of rotatable bonds is 0. The number of benzene rings is 2. The number of carbonyl (C=O) groups is 1. The van der Waals surface area contributed by atoms with Crippen molar-refractivity contribution in [1.29, 1.82) is 0 Å². The Hall–Kier alpha value is -1.61. The summed E-state index contributed by atoms with van der Waals surface area (Å²) in [5.74, 6) is 0.0753. The molecule has 2 aromatic carbocycles. The first-order valence-electron chi connectivity index (χ1n) is 4.91. The van der Waals surface area contributed by atoms with Crippen LogP contribution in [-0.2, 0) is 0 Å². The van der Waals surface area contributed by atoms with E-state index in [1.54, 1.807) is 6.07 Å². The van der Waals surface area contributed by atoms with Crippen LogP contribution in [0.4, 0.5) is 5.69 Å². The van der Waals surface area contributed by atoms with E-state index in [4.69, 9.17) is 5.73 Å². The van der Waals surface area contributed by atoms with E-state index >= 15 is 0 Å². The maximum atomic E-state index is 12.1. The molecule has 0 radical (unpaired) electrons. The highest BCUT2D eigenvalue weighted by atomic mass is 79.9. The third kappa shape index (κ3) is 1.15. The lowest BCUT2D eigenvalue weighted by atomic mass is 10.1. The highest BCUT2D eigenvalue weighted by Crippen LogP contribution is 2.39. The highest BCUT2D eigenvalue weighted by Gasteiger charge is 2.26. The molecule has 0 saturated carbocycles. The molecule has 0 unspecified atom stereocenters. The number of halogens is 1. The van der Waals surface area contributed by atoms with E-state index in [1.165, 1.54) is 0 Å². The summed E-state index contributed by atoms with van der Waals surface area (Å²) in [5, 5.41) is 0. The second-order valence-corrected chi connectivity index (χ2v) is 4.65. The van der Waals surface area contributed by atoms with Gasteiger partial charge in [-0.2, -0.15) is 0 Å². The first-order valence-corrected chi connectivity index (χ1v) is 5.71. The molecule has 0 fully saturated rings. The van der Waals surface area contributed by atoms with Crippen LogP contribution in [0, 0.1) is 0 Å². The van der Waals surface area contributed by atoms with Crippen LogP contribution in [0.3, 0.4) is 0 Å². The Bertz CT molecular complexity index is 619. The molecule has 0 atom stereocenters. The largest absolute Gasteiger partial charge is 0.398 e. The second kappa shape index (κ2) is 3.19. The van der Waals surface area contributed by atoms with Crippen molar-refractivity contribution in [1.82, 2.24) is 0 Å². The van der Waals surface area contributed by atoms with E-state index in [1.807, 2.05) is 30.3 Å². The predicted octanol–water partition coefficient (Wildman–Crippen LogP) is 3.24. The SMILES string of the molecule is Nc1cc2c(cc1Br)C(=O)c1ccccc1-2. The van der Waals surface area contributed by atoms with E-state index in [-0.39, 0.29) is 5.78 Å². The fraction of sp³-hybridized carbons (Fsp3) is 0. The van der Waals surface area contributed by atoms with Crippen LogP contribution in [-0.4, -0.2) is 5.78 Å². The fourth-order valence-electron chi connectivity index (χ4n) is 2.06. The lowest BCUT2D eigenvalue weighted by molar-refractivity contribution is 0.104. The van der Waals surface area contributed by atoms with Gasteiger partial charge in [0.05, 0.1) is 0 Å². The number of carbonyl (C=O) groups excluding carboxylic acids is 1. The van der Waals surface area contributed by atoms with Gasteiger partial charge >= 0.3 is 0 Å². The molecule has 0 heterocycles. The van der Waals surface area contributed by atoms with Crippen LogP contribution in [0.25, 0.3) is 11.1 Å². The molecule has 0 aliphatic heterocycles. The van der Waals surface area contributed by atoms with Gasteiger partial charge in [0.15, 0.2) is 5.78 Å². The first kappa shape index (κ1) is 9.60. The summed E-state index contributed by atoms with van der Waals surface area (Å²) < 4.78 is 0.771. The maximum Gasteiger partial charge on any atom is 0.194 e. The first-order chi connectivity index (χ1) is 7.68. The van der Waals surface area contributed by atoms with Crippen LogP contribution in [0.2, 0.25) is 0 Å². The summed E-state index contributed by atoms with van der Waals surface area (Å²) in [6.07, 6.45) is 0. The normalized spacial score (nSPS) is 12.4. The molecule has 16 heavy (non-hydrogen) atoms.